The normalized spacial score (nSPS) is 24.6. The second-order valence-corrected chi connectivity index (χ2v) is 7.86. The van der Waals surface area contributed by atoms with Gasteiger partial charge in [-0.25, -0.2) is 4.98 Å². The number of ether oxygens (including phenoxy) is 1. The molecular weight excluding hydrogens is 348 g/mol. The van der Waals surface area contributed by atoms with Crippen LogP contribution in [-0.4, -0.2) is 66.0 Å². The molecule has 1 aromatic rings. The number of carbonyl (C=O) groups excluding carboxylic acids is 2. The van der Waals surface area contributed by atoms with Crippen molar-refractivity contribution in [2.75, 3.05) is 39.4 Å². The Balaban J connectivity index is 1.39. The number of hydrogen-bond donors (Lipinski definition) is 1. The maximum Gasteiger partial charge on any atom is 0.231 e. The summed E-state index contributed by atoms with van der Waals surface area (Å²) in [5, 5.41) is 0. The first kappa shape index (κ1) is 18.4. The number of hydrogen-bond acceptors (Lipinski definition) is 6. The fraction of sp³-hybridized carbons (Fsp3) is 0.737. The van der Waals surface area contributed by atoms with Crippen LogP contribution in [0.1, 0.15) is 48.9 Å². The van der Waals surface area contributed by atoms with Crippen LogP contribution in [0.2, 0.25) is 0 Å². The number of oxazole rings is 1. The van der Waals surface area contributed by atoms with E-state index in [4.69, 9.17) is 19.9 Å². The van der Waals surface area contributed by atoms with Crippen molar-refractivity contribution < 1.29 is 18.7 Å². The number of fused-ring (bicyclic) bond motifs is 1. The third-order valence-corrected chi connectivity index (χ3v) is 5.86. The lowest BCUT2D eigenvalue weighted by Gasteiger charge is -2.35. The van der Waals surface area contributed by atoms with Crippen molar-refractivity contribution >= 4 is 11.8 Å². The summed E-state index contributed by atoms with van der Waals surface area (Å²) in [6.07, 6.45) is 4.39. The number of primary amides is 1. The Bertz CT molecular complexity index is 698. The number of amides is 2. The zero-order valence-corrected chi connectivity index (χ0v) is 15.7. The highest BCUT2D eigenvalue weighted by Crippen LogP contribution is 2.30. The zero-order chi connectivity index (χ0) is 18.8. The molecule has 8 nitrogen and oxygen atoms in total. The summed E-state index contributed by atoms with van der Waals surface area (Å²) in [4.78, 5) is 32.8. The molecule has 0 aromatic carbocycles. The molecule has 4 heterocycles. The summed E-state index contributed by atoms with van der Waals surface area (Å²) in [7, 11) is 0. The zero-order valence-electron chi connectivity index (χ0n) is 15.7. The van der Waals surface area contributed by atoms with E-state index in [1.807, 2.05) is 9.80 Å². The van der Waals surface area contributed by atoms with Crippen molar-refractivity contribution in [2.45, 2.75) is 44.6 Å². The maximum atomic E-state index is 13.0. The van der Waals surface area contributed by atoms with Gasteiger partial charge in [-0.2, -0.15) is 0 Å². The Morgan fingerprint density at radius 3 is 2.78 bits per heavy atom. The number of nitrogens with zero attached hydrogens (tertiary/aromatic N) is 3. The van der Waals surface area contributed by atoms with Gasteiger partial charge in [0.1, 0.15) is 11.5 Å². The molecule has 2 amide bonds. The molecule has 2 fully saturated rings. The molecule has 0 bridgehead atoms. The van der Waals surface area contributed by atoms with Crippen LogP contribution in [0.15, 0.2) is 4.42 Å². The van der Waals surface area contributed by atoms with Crippen LogP contribution in [0.25, 0.3) is 0 Å². The van der Waals surface area contributed by atoms with Crippen molar-refractivity contribution in [3.63, 3.8) is 0 Å². The minimum atomic E-state index is -0.339. The van der Waals surface area contributed by atoms with E-state index in [2.05, 4.69) is 0 Å². The predicted molar refractivity (Wildman–Crippen MR) is 96.8 cm³/mol. The highest BCUT2D eigenvalue weighted by Gasteiger charge is 2.33. The fourth-order valence-corrected chi connectivity index (χ4v) is 4.41. The van der Waals surface area contributed by atoms with Crippen LogP contribution in [0.4, 0.5) is 0 Å². The predicted octanol–water partition coefficient (Wildman–Crippen LogP) is 0.651. The van der Waals surface area contributed by atoms with Gasteiger partial charge in [0.2, 0.25) is 11.8 Å². The van der Waals surface area contributed by atoms with Crippen LogP contribution in [0, 0.1) is 5.92 Å². The summed E-state index contributed by atoms with van der Waals surface area (Å²) < 4.78 is 11.4. The Hall–Kier alpha value is -1.93. The van der Waals surface area contributed by atoms with Crippen molar-refractivity contribution in [3.05, 3.63) is 17.3 Å². The molecular formula is C19H28N4O4. The van der Waals surface area contributed by atoms with Crippen molar-refractivity contribution in [1.82, 2.24) is 14.8 Å². The first-order valence-corrected chi connectivity index (χ1v) is 9.96. The van der Waals surface area contributed by atoms with Crippen LogP contribution in [-0.2, 0) is 27.3 Å². The Kier molecular flexibility index (Phi) is 5.45. The Labute approximate surface area is 159 Å². The average Bonchev–Trinajstić information content (AvgIpc) is 3.11. The van der Waals surface area contributed by atoms with Gasteiger partial charge < -0.3 is 19.8 Å². The number of piperidine rings is 1. The second-order valence-electron chi connectivity index (χ2n) is 7.86. The van der Waals surface area contributed by atoms with Gasteiger partial charge in [-0.3, -0.25) is 14.5 Å². The summed E-state index contributed by atoms with van der Waals surface area (Å²) in [5.74, 6) is 1.82. The molecule has 148 valence electrons. The first-order valence-electron chi connectivity index (χ1n) is 9.96. The number of nitrogens with two attached hydrogens (primary N) is 1. The van der Waals surface area contributed by atoms with E-state index < -0.39 is 0 Å². The van der Waals surface area contributed by atoms with E-state index in [1.54, 1.807) is 0 Å². The minimum absolute atomic E-state index is 0.0680. The van der Waals surface area contributed by atoms with Gasteiger partial charge >= 0.3 is 0 Å². The van der Waals surface area contributed by atoms with Gasteiger partial charge in [0.25, 0.3) is 0 Å². The minimum Gasteiger partial charge on any atom is -0.445 e. The maximum absolute atomic E-state index is 13.0. The monoisotopic (exact) mass is 376 g/mol. The smallest absolute Gasteiger partial charge is 0.231 e. The van der Waals surface area contributed by atoms with Crippen LogP contribution in [0.3, 0.4) is 0 Å². The van der Waals surface area contributed by atoms with Crippen LogP contribution in [0.5, 0.6) is 0 Å². The lowest BCUT2D eigenvalue weighted by molar-refractivity contribution is -0.139. The molecule has 1 aromatic heterocycles. The van der Waals surface area contributed by atoms with Crippen molar-refractivity contribution in [2.24, 2.45) is 11.7 Å². The molecule has 3 aliphatic heterocycles. The number of likely N-dealkylation sites (tertiary alicyclic amines) is 1. The Morgan fingerprint density at radius 2 is 2.00 bits per heavy atom. The van der Waals surface area contributed by atoms with Crippen LogP contribution < -0.4 is 5.73 Å². The van der Waals surface area contributed by atoms with Crippen molar-refractivity contribution in [1.29, 1.82) is 0 Å². The van der Waals surface area contributed by atoms with Crippen LogP contribution >= 0.6 is 0 Å². The number of rotatable bonds is 4. The lowest BCUT2D eigenvalue weighted by atomic mass is 9.95. The molecule has 0 spiro atoms. The highest BCUT2D eigenvalue weighted by atomic mass is 16.5. The summed E-state index contributed by atoms with van der Waals surface area (Å²) in [6, 6.07) is 0. The summed E-state index contributed by atoms with van der Waals surface area (Å²) in [6.45, 7) is 4.36. The molecule has 0 saturated carbocycles. The van der Waals surface area contributed by atoms with Gasteiger partial charge in [-0.15, -0.1) is 0 Å². The summed E-state index contributed by atoms with van der Waals surface area (Å²) in [5.41, 5.74) is 6.21. The number of carbonyl (C=O) groups is 2. The van der Waals surface area contributed by atoms with E-state index >= 15 is 0 Å². The molecule has 0 aliphatic carbocycles. The van der Waals surface area contributed by atoms with E-state index in [0.29, 0.717) is 25.6 Å². The standard InChI is InChI=1S/C19H28N4O4/c20-17(24)12-22-6-1-2-14(10-22)19(25)23-7-3-16-15(11-23)21-18(27-16)13-4-8-26-9-5-13/h13-14H,1-12H2,(H2,20,24). The van der Waals surface area contributed by atoms with Gasteiger partial charge in [-0.05, 0) is 32.2 Å². The molecule has 2 N–H and O–H groups in total. The molecule has 2 saturated heterocycles. The molecule has 1 atom stereocenters. The average molecular weight is 376 g/mol. The van der Waals surface area contributed by atoms with Gasteiger partial charge in [-0.1, -0.05) is 0 Å². The first-order chi connectivity index (χ1) is 13.1. The van der Waals surface area contributed by atoms with Gasteiger partial charge in [0.05, 0.1) is 19.0 Å². The second kappa shape index (κ2) is 7.98. The highest BCUT2D eigenvalue weighted by molar-refractivity contribution is 5.80. The van der Waals surface area contributed by atoms with E-state index in [1.165, 1.54) is 0 Å². The van der Waals surface area contributed by atoms with E-state index in [-0.39, 0.29) is 24.3 Å². The fourth-order valence-electron chi connectivity index (χ4n) is 4.41. The topological polar surface area (TPSA) is 102 Å². The quantitative estimate of drug-likeness (QED) is 0.828. The third kappa shape index (κ3) is 4.16. The van der Waals surface area contributed by atoms with Gasteiger partial charge in [0.15, 0.2) is 5.89 Å². The van der Waals surface area contributed by atoms with Gasteiger partial charge in [0, 0.05) is 38.6 Å². The third-order valence-electron chi connectivity index (χ3n) is 5.86. The number of aromatic nitrogens is 1. The molecule has 4 rings (SSSR count). The molecule has 0 radical (unpaired) electrons. The Morgan fingerprint density at radius 1 is 1.19 bits per heavy atom. The van der Waals surface area contributed by atoms with Crippen molar-refractivity contribution in [3.8, 4) is 0 Å². The lowest BCUT2D eigenvalue weighted by Crippen LogP contribution is -2.47. The van der Waals surface area contributed by atoms with E-state index in [0.717, 1.165) is 69.2 Å². The molecule has 27 heavy (non-hydrogen) atoms. The largest absolute Gasteiger partial charge is 0.445 e. The SMILES string of the molecule is NC(=O)CN1CCCC(C(=O)N2CCc3oc(C4CCOCC4)nc3C2)C1. The molecule has 8 heteroatoms. The van der Waals surface area contributed by atoms with E-state index in [9.17, 15) is 9.59 Å². The summed E-state index contributed by atoms with van der Waals surface area (Å²) >= 11 is 0. The molecule has 3 aliphatic rings. The molecule has 1 unspecified atom stereocenters.